The lowest BCUT2D eigenvalue weighted by atomic mass is 10.2. The first-order chi connectivity index (χ1) is 14.1. The summed E-state index contributed by atoms with van der Waals surface area (Å²) in [6, 6.07) is 7.65. The van der Waals surface area contributed by atoms with Crippen molar-refractivity contribution in [3.05, 3.63) is 46.4 Å². The maximum absolute atomic E-state index is 13.1. The Morgan fingerprint density at radius 3 is 3.00 bits per heavy atom. The highest BCUT2D eigenvalue weighted by Gasteiger charge is 2.29. The van der Waals surface area contributed by atoms with Gasteiger partial charge in [-0.3, -0.25) is 14.2 Å². The third kappa shape index (κ3) is 3.79. The number of rotatable bonds is 7. The third-order valence-corrected chi connectivity index (χ3v) is 6.08. The van der Waals surface area contributed by atoms with Gasteiger partial charge in [0.1, 0.15) is 5.39 Å². The minimum absolute atomic E-state index is 0.0674. The highest BCUT2D eigenvalue weighted by Crippen LogP contribution is 2.33. The summed E-state index contributed by atoms with van der Waals surface area (Å²) in [5.41, 5.74) is 2.35. The van der Waals surface area contributed by atoms with E-state index in [1.807, 2.05) is 31.2 Å². The van der Waals surface area contributed by atoms with Gasteiger partial charge in [0.2, 0.25) is 5.91 Å². The number of nitrogens with zero attached hydrogens (tertiary/aromatic N) is 4. The highest BCUT2D eigenvalue weighted by atomic mass is 32.2. The predicted octanol–water partition coefficient (Wildman–Crippen LogP) is 2.08. The van der Waals surface area contributed by atoms with Crippen molar-refractivity contribution in [2.24, 2.45) is 0 Å². The van der Waals surface area contributed by atoms with E-state index in [9.17, 15) is 9.59 Å². The van der Waals surface area contributed by atoms with Crippen LogP contribution in [0.15, 0.2) is 40.4 Å². The van der Waals surface area contributed by atoms with Gasteiger partial charge in [-0.1, -0.05) is 30.0 Å². The molecule has 3 heterocycles. The van der Waals surface area contributed by atoms with Crippen LogP contribution in [0.3, 0.4) is 0 Å². The Kier molecular flexibility index (Phi) is 5.68. The van der Waals surface area contributed by atoms with Gasteiger partial charge in [0, 0.05) is 32.4 Å². The molecule has 152 valence electrons. The normalized spacial score (nSPS) is 15.6. The summed E-state index contributed by atoms with van der Waals surface area (Å²) in [5.74, 6) is 0.583. The molecule has 1 amide bonds. The van der Waals surface area contributed by atoms with Crippen LogP contribution in [-0.2, 0) is 9.53 Å². The Labute approximate surface area is 172 Å². The summed E-state index contributed by atoms with van der Waals surface area (Å²) < 4.78 is 8.34. The first-order valence-electron chi connectivity index (χ1n) is 9.55. The van der Waals surface area contributed by atoms with Crippen molar-refractivity contribution < 1.29 is 9.53 Å². The van der Waals surface area contributed by atoms with E-state index in [0.29, 0.717) is 35.1 Å². The molecule has 1 N–H and O–H groups in total. The van der Waals surface area contributed by atoms with E-state index >= 15 is 0 Å². The van der Waals surface area contributed by atoms with Crippen molar-refractivity contribution in [1.29, 1.82) is 0 Å². The number of fused-ring (bicyclic) bond motifs is 2. The molecule has 0 aliphatic carbocycles. The summed E-state index contributed by atoms with van der Waals surface area (Å²) in [7, 11) is 1.63. The fraction of sp³-hybridized carbons (Fsp3) is 0.400. The number of benzene rings is 1. The van der Waals surface area contributed by atoms with E-state index < -0.39 is 0 Å². The Morgan fingerprint density at radius 2 is 2.21 bits per heavy atom. The number of ether oxygens (including phenoxy) is 1. The highest BCUT2D eigenvalue weighted by molar-refractivity contribution is 7.99. The molecule has 0 saturated carbocycles. The molecule has 3 aromatic rings. The number of amides is 1. The SMILES string of the molecule is COCCCNC(=O)CC1CSc2nc3c(cnn3-c3ccccc3C)c(=O)n21. The average molecular weight is 414 g/mol. The Hall–Kier alpha value is -2.65. The summed E-state index contributed by atoms with van der Waals surface area (Å²) in [6.45, 7) is 3.17. The smallest absolute Gasteiger partial charge is 0.265 e. The summed E-state index contributed by atoms with van der Waals surface area (Å²) in [5, 5.41) is 8.39. The predicted molar refractivity (Wildman–Crippen MR) is 112 cm³/mol. The lowest BCUT2D eigenvalue weighted by Gasteiger charge is -2.13. The first-order valence-corrected chi connectivity index (χ1v) is 10.5. The molecule has 1 aliphatic rings. The molecule has 29 heavy (non-hydrogen) atoms. The van der Waals surface area contributed by atoms with Gasteiger partial charge in [-0.25, -0.2) is 9.67 Å². The van der Waals surface area contributed by atoms with Gasteiger partial charge in [-0.2, -0.15) is 5.10 Å². The lowest BCUT2D eigenvalue weighted by molar-refractivity contribution is -0.121. The third-order valence-electron chi connectivity index (χ3n) is 4.98. The van der Waals surface area contributed by atoms with Crippen molar-refractivity contribution >= 4 is 28.7 Å². The lowest BCUT2D eigenvalue weighted by Crippen LogP contribution is -2.31. The van der Waals surface area contributed by atoms with E-state index in [2.05, 4.69) is 10.4 Å². The van der Waals surface area contributed by atoms with Crippen LogP contribution in [0.2, 0.25) is 0 Å². The fourth-order valence-corrected chi connectivity index (χ4v) is 4.62. The van der Waals surface area contributed by atoms with Gasteiger partial charge in [-0.05, 0) is 25.0 Å². The molecule has 0 fully saturated rings. The van der Waals surface area contributed by atoms with E-state index in [-0.39, 0.29) is 23.9 Å². The second kappa shape index (κ2) is 8.38. The molecule has 0 radical (unpaired) electrons. The molecule has 9 heteroatoms. The van der Waals surface area contributed by atoms with Crippen LogP contribution in [0.4, 0.5) is 0 Å². The van der Waals surface area contributed by atoms with E-state index in [1.54, 1.807) is 22.6 Å². The van der Waals surface area contributed by atoms with E-state index in [4.69, 9.17) is 9.72 Å². The minimum atomic E-state index is -0.205. The van der Waals surface area contributed by atoms with Gasteiger partial charge in [0.05, 0.1) is 17.9 Å². The van der Waals surface area contributed by atoms with Crippen molar-refractivity contribution in [3.8, 4) is 5.69 Å². The summed E-state index contributed by atoms with van der Waals surface area (Å²) >= 11 is 1.50. The number of carbonyl (C=O) groups is 1. The zero-order valence-corrected chi connectivity index (χ0v) is 17.2. The van der Waals surface area contributed by atoms with Gasteiger partial charge in [0.25, 0.3) is 5.56 Å². The Balaban J connectivity index is 1.61. The van der Waals surface area contributed by atoms with Crippen LogP contribution >= 0.6 is 11.8 Å². The molecule has 1 aromatic carbocycles. The topological polar surface area (TPSA) is 91.0 Å². The number of nitrogens with one attached hydrogen (secondary N) is 1. The van der Waals surface area contributed by atoms with Crippen molar-refractivity contribution in [1.82, 2.24) is 24.6 Å². The Bertz CT molecular complexity index is 1110. The van der Waals surface area contributed by atoms with Crippen LogP contribution in [0.1, 0.15) is 24.4 Å². The zero-order chi connectivity index (χ0) is 20.4. The molecule has 1 unspecified atom stereocenters. The number of aromatic nitrogens is 4. The molecule has 0 saturated heterocycles. The number of carbonyl (C=O) groups excluding carboxylic acids is 1. The molecule has 2 aromatic heterocycles. The fourth-order valence-electron chi connectivity index (χ4n) is 3.49. The monoisotopic (exact) mass is 413 g/mol. The van der Waals surface area contributed by atoms with Gasteiger partial charge < -0.3 is 10.1 Å². The van der Waals surface area contributed by atoms with Crippen molar-refractivity contribution in [3.63, 3.8) is 0 Å². The first kappa shape index (κ1) is 19.7. The van der Waals surface area contributed by atoms with Crippen LogP contribution in [0.5, 0.6) is 0 Å². The number of aryl methyl sites for hydroxylation is 1. The molecule has 1 atom stereocenters. The van der Waals surface area contributed by atoms with Crippen molar-refractivity contribution in [2.45, 2.75) is 31.0 Å². The quantitative estimate of drug-likeness (QED) is 0.471. The molecule has 0 bridgehead atoms. The van der Waals surface area contributed by atoms with Crippen molar-refractivity contribution in [2.75, 3.05) is 26.0 Å². The molecular formula is C20H23N5O3S. The van der Waals surface area contributed by atoms with E-state index in [0.717, 1.165) is 17.7 Å². The largest absolute Gasteiger partial charge is 0.385 e. The van der Waals surface area contributed by atoms with E-state index in [1.165, 1.54) is 11.8 Å². The number of para-hydroxylation sites is 1. The average Bonchev–Trinajstić information content (AvgIpc) is 3.31. The number of hydrogen-bond donors (Lipinski definition) is 1. The van der Waals surface area contributed by atoms with Crippen LogP contribution < -0.4 is 10.9 Å². The van der Waals surface area contributed by atoms with Crippen LogP contribution in [0.25, 0.3) is 16.7 Å². The number of methoxy groups -OCH3 is 1. The molecule has 0 spiro atoms. The second-order valence-corrected chi connectivity index (χ2v) is 8.00. The molecule has 1 aliphatic heterocycles. The van der Waals surface area contributed by atoms with Gasteiger partial charge >= 0.3 is 0 Å². The maximum Gasteiger partial charge on any atom is 0.265 e. The molecule has 8 nitrogen and oxygen atoms in total. The maximum atomic E-state index is 13.1. The second-order valence-electron chi connectivity index (χ2n) is 7.01. The minimum Gasteiger partial charge on any atom is -0.385 e. The standard InChI is InChI=1S/C20H23N5O3S/c1-13-6-3-4-7-16(13)25-18-15(11-22-25)19(27)24-14(12-29-20(24)23-18)10-17(26)21-8-5-9-28-2/h3-4,6-7,11,14H,5,8-10,12H2,1-2H3,(H,21,26). The number of thioether (sulfide) groups is 1. The van der Waals surface area contributed by atoms with Crippen LogP contribution in [-0.4, -0.2) is 51.3 Å². The van der Waals surface area contributed by atoms with Crippen LogP contribution in [0, 0.1) is 6.92 Å². The summed E-state index contributed by atoms with van der Waals surface area (Å²) in [6.07, 6.45) is 2.58. The Morgan fingerprint density at radius 1 is 1.38 bits per heavy atom. The molecule has 4 rings (SSSR count). The number of hydrogen-bond acceptors (Lipinski definition) is 6. The summed E-state index contributed by atoms with van der Waals surface area (Å²) in [4.78, 5) is 30.1. The zero-order valence-electron chi connectivity index (χ0n) is 16.4. The van der Waals surface area contributed by atoms with Gasteiger partial charge in [-0.15, -0.1) is 0 Å². The van der Waals surface area contributed by atoms with Gasteiger partial charge in [0.15, 0.2) is 10.8 Å². The molecular weight excluding hydrogens is 390 g/mol.